The number of hydrogen-bond acceptors (Lipinski definition) is 4. The molecule has 0 spiro atoms. The first-order valence-corrected chi connectivity index (χ1v) is 9.95. The molecular formula is C24H26N4. The summed E-state index contributed by atoms with van der Waals surface area (Å²) in [4.78, 5) is 2.41. The lowest BCUT2D eigenvalue weighted by Crippen LogP contribution is -2.31. The fourth-order valence-electron chi connectivity index (χ4n) is 4.67. The van der Waals surface area contributed by atoms with Crippen molar-refractivity contribution >= 4 is 10.9 Å². The average molecular weight is 371 g/mol. The summed E-state index contributed by atoms with van der Waals surface area (Å²) in [5.74, 6) is 0.514. The highest BCUT2D eigenvalue weighted by atomic mass is 15.1. The van der Waals surface area contributed by atoms with Crippen LogP contribution in [0, 0.1) is 32.1 Å². The Kier molecular flexibility index (Phi) is 4.87. The van der Waals surface area contributed by atoms with Gasteiger partial charge in [-0.15, -0.1) is 10.2 Å². The van der Waals surface area contributed by atoms with E-state index in [4.69, 9.17) is 5.10 Å². The number of nitrogens with zero attached hydrogens (tertiary/aromatic N) is 4. The molecular weight excluding hydrogens is 344 g/mol. The Labute approximate surface area is 166 Å². The molecule has 4 nitrogen and oxygen atoms in total. The second-order valence-corrected chi connectivity index (χ2v) is 8.12. The van der Waals surface area contributed by atoms with E-state index in [0.29, 0.717) is 11.5 Å². The SMILES string of the molecule is Cc1cc(C#N)cc(C)c1-c1nnc2c([C@@H]3CCCN(C)C3)cccc2c1C. The lowest BCUT2D eigenvalue weighted by atomic mass is 9.88. The maximum absolute atomic E-state index is 9.24. The molecule has 1 aliphatic heterocycles. The Bertz CT molecular complexity index is 1070. The smallest absolute Gasteiger partial charge is 0.0991 e. The number of piperidine rings is 1. The van der Waals surface area contributed by atoms with Crippen molar-refractivity contribution in [3.8, 4) is 17.3 Å². The number of fused-ring (bicyclic) bond motifs is 1. The fraction of sp³-hybridized carbons (Fsp3) is 0.375. The maximum atomic E-state index is 9.24. The highest BCUT2D eigenvalue weighted by Gasteiger charge is 2.23. The monoisotopic (exact) mass is 370 g/mol. The van der Waals surface area contributed by atoms with Crippen LogP contribution in [0.2, 0.25) is 0 Å². The zero-order chi connectivity index (χ0) is 19.8. The van der Waals surface area contributed by atoms with Crippen molar-refractivity contribution in [3.63, 3.8) is 0 Å². The van der Waals surface area contributed by atoms with Gasteiger partial charge in [0.2, 0.25) is 0 Å². The van der Waals surface area contributed by atoms with Gasteiger partial charge in [-0.3, -0.25) is 0 Å². The van der Waals surface area contributed by atoms with Gasteiger partial charge in [0.15, 0.2) is 0 Å². The third kappa shape index (κ3) is 3.16. The fourth-order valence-corrected chi connectivity index (χ4v) is 4.67. The van der Waals surface area contributed by atoms with E-state index in [-0.39, 0.29) is 0 Å². The molecule has 0 saturated carbocycles. The summed E-state index contributed by atoms with van der Waals surface area (Å²) in [6, 6.07) is 12.6. The molecule has 0 N–H and O–H groups in total. The van der Waals surface area contributed by atoms with E-state index in [0.717, 1.165) is 40.0 Å². The van der Waals surface area contributed by atoms with Crippen LogP contribution in [0.15, 0.2) is 30.3 Å². The van der Waals surface area contributed by atoms with Gasteiger partial charge >= 0.3 is 0 Å². The molecule has 4 rings (SSSR count). The molecule has 142 valence electrons. The molecule has 0 aliphatic carbocycles. The van der Waals surface area contributed by atoms with Crippen molar-refractivity contribution in [2.45, 2.75) is 39.5 Å². The van der Waals surface area contributed by atoms with Crippen LogP contribution >= 0.6 is 0 Å². The molecule has 4 heteroatoms. The Morgan fingerprint density at radius 3 is 2.54 bits per heavy atom. The third-order valence-electron chi connectivity index (χ3n) is 6.04. The Balaban J connectivity index is 1.86. The quantitative estimate of drug-likeness (QED) is 0.644. The van der Waals surface area contributed by atoms with Crippen LogP contribution in [-0.2, 0) is 0 Å². The Hall–Kier alpha value is -2.77. The van der Waals surface area contributed by atoms with Gasteiger partial charge in [0.05, 0.1) is 22.8 Å². The summed E-state index contributed by atoms with van der Waals surface area (Å²) >= 11 is 0. The predicted molar refractivity (Wildman–Crippen MR) is 113 cm³/mol. The van der Waals surface area contributed by atoms with E-state index in [9.17, 15) is 5.26 Å². The highest BCUT2D eigenvalue weighted by molar-refractivity contribution is 5.90. The van der Waals surface area contributed by atoms with E-state index < -0.39 is 0 Å². The van der Waals surface area contributed by atoms with E-state index in [2.05, 4.69) is 48.2 Å². The first kappa shape index (κ1) is 18.6. The number of likely N-dealkylation sites (N-methyl/N-ethyl adjacent to an activating group) is 1. The zero-order valence-corrected chi connectivity index (χ0v) is 17.1. The van der Waals surface area contributed by atoms with Crippen LogP contribution in [0.25, 0.3) is 22.2 Å². The molecule has 3 aromatic rings. The predicted octanol–water partition coefficient (Wildman–Crippen LogP) is 4.90. The van der Waals surface area contributed by atoms with Crippen LogP contribution in [0.5, 0.6) is 0 Å². The van der Waals surface area contributed by atoms with Gasteiger partial charge in [-0.25, -0.2) is 0 Å². The van der Waals surface area contributed by atoms with Crippen molar-refractivity contribution in [2.24, 2.45) is 0 Å². The van der Waals surface area contributed by atoms with E-state index in [1.807, 2.05) is 26.0 Å². The molecule has 1 saturated heterocycles. The molecule has 0 bridgehead atoms. The van der Waals surface area contributed by atoms with Crippen molar-refractivity contribution in [1.82, 2.24) is 15.1 Å². The maximum Gasteiger partial charge on any atom is 0.0991 e. The van der Waals surface area contributed by atoms with Crippen LogP contribution < -0.4 is 0 Å². The number of nitriles is 1. The molecule has 0 radical (unpaired) electrons. The van der Waals surface area contributed by atoms with E-state index in [1.54, 1.807) is 0 Å². The minimum absolute atomic E-state index is 0.514. The summed E-state index contributed by atoms with van der Waals surface area (Å²) in [5, 5.41) is 19.8. The van der Waals surface area contributed by atoms with Crippen LogP contribution in [0.1, 0.15) is 46.6 Å². The molecule has 1 atom stereocenters. The molecule has 28 heavy (non-hydrogen) atoms. The van der Waals surface area contributed by atoms with Gasteiger partial charge < -0.3 is 4.90 Å². The number of aromatic nitrogens is 2. The number of hydrogen-bond donors (Lipinski definition) is 0. The largest absolute Gasteiger partial charge is 0.306 e. The molecule has 0 amide bonds. The standard InChI is InChI=1S/C24H26N4/c1-15-11-18(13-25)12-16(2)22(15)23-17(3)20-8-5-9-21(24(20)27-26-23)19-7-6-10-28(4)14-19/h5,8-9,11-12,19H,6-7,10,14H2,1-4H3/t19-/m1/s1. The number of benzene rings is 2. The van der Waals surface area contributed by atoms with Gasteiger partial charge in [-0.2, -0.15) is 5.26 Å². The number of likely N-dealkylation sites (tertiary alicyclic amines) is 1. The summed E-state index contributed by atoms with van der Waals surface area (Å²) in [5.41, 5.74) is 8.35. The summed E-state index contributed by atoms with van der Waals surface area (Å²) in [7, 11) is 2.20. The third-order valence-corrected chi connectivity index (χ3v) is 6.04. The Morgan fingerprint density at radius 1 is 1.11 bits per heavy atom. The van der Waals surface area contributed by atoms with Crippen molar-refractivity contribution in [1.29, 1.82) is 5.26 Å². The first-order valence-electron chi connectivity index (χ1n) is 9.95. The van der Waals surface area contributed by atoms with Gasteiger partial charge in [-0.05, 0) is 87.5 Å². The van der Waals surface area contributed by atoms with Gasteiger partial charge in [0, 0.05) is 17.5 Å². The van der Waals surface area contributed by atoms with Crippen molar-refractivity contribution in [2.75, 3.05) is 20.1 Å². The second kappa shape index (κ2) is 7.33. The molecule has 1 aliphatic rings. The molecule has 0 unspecified atom stereocenters. The lowest BCUT2D eigenvalue weighted by Gasteiger charge is -2.30. The molecule has 1 fully saturated rings. The van der Waals surface area contributed by atoms with Crippen LogP contribution in [0.3, 0.4) is 0 Å². The van der Waals surface area contributed by atoms with Gasteiger partial charge in [-0.1, -0.05) is 18.2 Å². The summed E-state index contributed by atoms with van der Waals surface area (Å²) < 4.78 is 0. The van der Waals surface area contributed by atoms with Crippen LogP contribution in [0.4, 0.5) is 0 Å². The minimum atomic E-state index is 0.514. The van der Waals surface area contributed by atoms with Crippen molar-refractivity contribution < 1.29 is 0 Å². The first-order chi connectivity index (χ1) is 13.5. The second-order valence-electron chi connectivity index (χ2n) is 8.12. The average Bonchev–Trinajstić information content (AvgIpc) is 2.68. The number of rotatable bonds is 2. The van der Waals surface area contributed by atoms with E-state index in [1.165, 1.54) is 30.3 Å². The lowest BCUT2D eigenvalue weighted by molar-refractivity contribution is 0.251. The minimum Gasteiger partial charge on any atom is -0.306 e. The zero-order valence-electron chi connectivity index (χ0n) is 17.1. The molecule has 1 aromatic heterocycles. The molecule has 2 heterocycles. The summed E-state index contributed by atoms with van der Waals surface area (Å²) in [6.45, 7) is 8.48. The molecule has 2 aromatic carbocycles. The van der Waals surface area contributed by atoms with Crippen LogP contribution in [-0.4, -0.2) is 35.2 Å². The normalized spacial score (nSPS) is 17.6. The Morgan fingerprint density at radius 2 is 1.86 bits per heavy atom. The van der Waals surface area contributed by atoms with E-state index >= 15 is 0 Å². The van der Waals surface area contributed by atoms with Gasteiger partial charge in [0.25, 0.3) is 0 Å². The number of aryl methyl sites for hydroxylation is 3. The topological polar surface area (TPSA) is 52.8 Å². The van der Waals surface area contributed by atoms with Gasteiger partial charge in [0.1, 0.15) is 0 Å². The summed E-state index contributed by atoms with van der Waals surface area (Å²) in [6.07, 6.45) is 2.44. The highest BCUT2D eigenvalue weighted by Crippen LogP contribution is 2.35. The van der Waals surface area contributed by atoms with Crippen molar-refractivity contribution in [3.05, 3.63) is 58.1 Å².